The summed E-state index contributed by atoms with van der Waals surface area (Å²) in [5.41, 5.74) is 2.90. The van der Waals surface area contributed by atoms with E-state index in [9.17, 15) is 0 Å². The summed E-state index contributed by atoms with van der Waals surface area (Å²) in [5.74, 6) is 1.51. The summed E-state index contributed by atoms with van der Waals surface area (Å²) in [6.07, 6.45) is 2.42. The normalized spacial score (nSPS) is 22.5. The number of hydrogen-bond donors (Lipinski definition) is 1. The Labute approximate surface area is 129 Å². The van der Waals surface area contributed by atoms with E-state index < -0.39 is 0 Å². The standard InChI is InChI=1S/C18H20BrN/c1-20-18(11-13-7-9-15(19)10-8-13)17-12-16(17)14-5-3-2-4-6-14/h2-10,16-18,20H,11-12H2,1H3. The van der Waals surface area contributed by atoms with Crippen molar-refractivity contribution in [3.8, 4) is 0 Å². The molecule has 1 N–H and O–H groups in total. The molecule has 2 aromatic carbocycles. The number of benzene rings is 2. The number of likely N-dealkylation sites (N-methyl/N-ethyl adjacent to an activating group) is 1. The maximum atomic E-state index is 3.52. The number of nitrogens with one attached hydrogen (secondary N) is 1. The summed E-state index contributed by atoms with van der Waals surface area (Å²) >= 11 is 3.49. The van der Waals surface area contributed by atoms with E-state index in [1.54, 1.807) is 0 Å². The molecular formula is C18H20BrN. The molecule has 0 heterocycles. The Morgan fingerprint density at radius 3 is 2.45 bits per heavy atom. The van der Waals surface area contributed by atoms with Crippen molar-refractivity contribution in [2.24, 2.45) is 5.92 Å². The van der Waals surface area contributed by atoms with Gasteiger partial charge in [0.2, 0.25) is 0 Å². The van der Waals surface area contributed by atoms with E-state index in [1.807, 2.05) is 0 Å². The molecular weight excluding hydrogens is 310 g/mol. The first kappa shape index (κ1) is 13.8. The second kappa shape index (κ2) is 6.11. The zero-order valence-electron chi connectivity index (χ0n) is 11.7. The van der Waals surface area contributed by atoms with Crippen LogP contribution in [0.15, 0.2) is 59.1 Å². The van der Waals surface area contributed by atoms with Gasteiger partial charge in [-0.2, -0.15) is 0 Å². The Morgan fingerprint density at radius 2 is 1.80 bits per heavy atom. The Hall–Kier alpha value is -1.12. The van der Waals surface area contributed by atoms with Crippen molar-refractivity contribution in [2.45, 2.75) is 24.8 Å². The van der Waals surface area contributed by atoms with Gasteiger partial charge < -0.3 is 5.32 Å². The monoisotopic (exact) mass is 329 g/mol. The molecule has 3 rings (SSSR count). The zero-order chi connectivity index (χ0) is 13.9. The highest BCUT2D eigenvalue weighted by Gasteiger charge is 2.42. The number of hydrogen-bond acceptors (Lipinski definition) is 1. The van der Waals surface area contributed by atoms with Gasteiger partial charge in [-0.25, -0.2) is 0 Å². The summed E-state index contributed by atoms with van der Waals surface area (Å²) < 4.78 is 1.15. The molecule has 0 aliphatic heterocycles. The van der Waals surface area contributed by atoms with E-state index in [2.05, 4.69) is 82.9 Å². The summed E-state index contributed by atoms with van der Waals surface area (Å²) in [6, 6.07) is 20.2. The summed E-state index contributed by atoms with van der Waals surface area (Å²) in [7, 11) is 2.09. The van der Waals surface area contributed by atoms with Crippen molar-refractivity contribution < 1.29 is 0 Å². The van der Waals surface area contributed by atoms with Crippen molar-refractivity contribution in [1.82, 2.24) is 5.32 Å². The van der Waals surface area contributed by atoms with Gasteiger partial charge in [0.15, 0.2) is 0 Å². The van der Waals surface area contributed by atoms with Crippen LogP contribution in [-0.2, 0) is 6.42 Å². The molecule has 0 amide bonds. The fraction of sp³-hybridized carbons (Fsp3) is 0.333. The third-order valence-corrected chi connectivity index (χ3v) is 4.85. The molecule has 0 bridgehead atoms. The molecule has 1 aliphatic rings. The van der Waals surface area contributed by atoms with Crippen LogP contribution >= 0.6 is 15.9 Å². The van der Waals surface area contributed by atoms with E-state index in [-0.39, 0.29) is 0 Å². The molecule has 1 aliphatic carbocycles. The minimum atomic E-state index is 0.571. The van der Waals surface area contributed by atoms with Crippen molar-refractivity contribution in [3.05, 3.63) is 70.2 Å². The maximum Gasteiger partial charge on any atom is 0.0175 e. The topological polar surface area (TPSA) is 12.0 Å². The summed E-state index contributed by atoms with van der Waals surface area (Å²) in [6.45, 7) is 0. The molecule has 1 nitrogen and oxygen atoms in total. The lowest BCUT2D eigenvalue weighted by molar-refractivity contribution is 0.491. The smallest absolute Gasteiger partial charge is 0.0175 e. The molecule has 3 atom stereocenters. The van der Waals surface area contributed by atoms with Gasteiger partial charge >= 0.3 is 0 Å². The molecule has 1 fully saturated rings. The highest BCUT2D eigenvalue weighted by atomic mass is 79.9. The van der Waals surface area contributed by atoms with Gasteiger partial charge in [-0.1, -0.05) is 58.4 Å². The SMILES string of the molecule is CNC(Cc1ccc(Br)cc1)C1CC1c1ccccc1. The Kier molecular flexibility index (Phi) is 4.23. The quantitative estimate of drug-likeness (QED) is 0.858. The molecule has 0 aromatic heterocycles. The Balaban J connectivity index is 1.65. The summed E-state index contributed by atoms with van der Waals surface area (Å²) in [4.78, 5) is 0. The van der Waals surface area contributed by atoms with Crippen LogP contribution in [0.1, 0.15) is 23.5 Å². The number of halogens is 1. The van der Waals surface area contributed by atoms with Crippen LogP contribution in [0.25, 0.3) is 0 Å². The number of rotatable bonds is 5. The van der Waals surface area contributed by atoms with Crippen molar-refractivity contribution in [1.29, 1.82) is 0 Å². The van der Waals surface area contributed by atoms with Crippen LogP contribution < -0.4 is 5.32 Å². The van der Waals surface area contributed by atoms with Crippen LogP contribution in [0.3, 0.4) is 0 Å². The summed E-state index contributed by atoms with van der Waals surface area (Å²) in [5, 5.41) is 3.52. The first-order valence-corrected chi connectivity index (χ1v) is 8.04. The van der Waals surface area contributed by atoms with Gasteiger partial charge in [0.1, 0.15) is 0 Å². The Morgan fingerprint density at radius 1 is 1.10 bits per heavy atom. The largest absolute Gasteiger partial charge is 0.316 e. The van der Waals surface area contributed by atoms with E-state index in [0.29, 0.717) is 6.04 Å². The van der Waals surface area contributed by atoms with Gasteiger partial charge in [-0.15, -0.1) is 0 Å². The molecule has 0 saturated heterocycles. The third-order valence-electron chi connectivity index (χ3n) is 4.32. The molecule has 2 aromatic rings. The molecule has 0 radical (unpaired) electrons. The predicted molar refractivity (Wildman–Crippen MR) is 88.0 cm³/mol. The van der Waals surface area contributed by atoms with E-state index >= 15 is 0 Å². The van der Waals surface area contributed by atoms with E-state index in [1.165, 1.54) is 17.5 Å². The highest BCUT2D eigenvalue weighted by Crippen LogP contribution is 2.49. The molecule has 2 heteroatoms. The van der Waals surface area contributed by atoms with Crippen LogP contribution in [0, 0.1) is 5.92 Å². The first-order chi connectivity index (χ1) is 9.78. The van der Waals surface area contributed by atoms with Crippen molar-refractivity contribution in [2.75, 3.05) is 7.05 Å². The average molecular weight is 330 g/mol. The van der Waals surface area contributed by atoms with Gasteiger partial charge in [0.25, 0.3) is 0 Å². The van der Waals surface area contributed by atoms with Crippen LogP contribution in [0.2, 0.25) is 0 Å². The Bertz CT molecular complexity index is 549. The van der Waals surface area contributed by atoms with Crippen molar-refractivity contribution in [3.63, 3.8) is 0 Å². The second-order valence-electron chi connectivity index (χ2n) is 5.64. The predicted octanol–water partition coefficient (Wildman–Crippen LogP) is 4.38. The van der Waals surface area contributed by atoms with Crippen LogP contribution in [0.5, 0.6) is 0 Å². The maximum absolute atomic E-state index is 3.52. The third kappa shape index (κ3) is 3.13. The van der Waals surface area contributed by atoms with Crippen LogP contribution in [0.4, 0.5) is 0 Å². The second-order valence-corrected chi connectivity index (χ2v) is 6.56. The van der Waals surface area contributed by atoms with E-state index in [0.717, 1.165) is 22.7 Å². The lowest BCUT2D eigenvalue weighted by Gasteiger charge is -2.16. The average Bonchev–Trinajstić information content (AvgIpc) is 3.28. The molecule has 3 unspecified atom stereocenters. The first-order valence-electron chi connectivity index (χ1n) is 7.24. The minimum absolute atomic E-state index is 0.571. The van der Waals surface area contributed by atoms with Crippen LogP contribution in [-0.4, -0.2) is 13.1 Å². The van der Waals surface area contributed by atoms with Crippen molar-refractivity contribution >= 4 is 15.9 Å². The lowest BCUT2D eigenvalue weighted by Crippen LogP contribution is -2.30. The molecule has 104 valence electrons. The van der Waals surface area contributed by atoms with Gasteiger partial charge in [0.05, 0.1) is 0 Å². The fourth-order valence-corrected chi connectivity index (χ4v) is 3.35. The molecule has 1 saturated carbocycles. The highest BCUT2D eigenvalue weighted by molar-refractivity contribution is 9.10. The van der Waals surface area contributed by atoms with Gasteiger partial charge in [-0.05, 0) is 55.0 Å². The molecule has 20 heavy (non-hydrogen) atoms. The minimum Gasteiger partial charge on any atom is -0.316 e. The lowest BCUT2D eigenvalue weighted by atomic mass is 9.99. The van der Waals surface area contributed by atoms with Gasteiger partial charge in [0, 0.05) is 10.5 Å². The zero-order valence-corrected chi connectivity index (χ0v) is 13.3. The molecule has 0 spiro atoms. The van der Waals surface area contributed by atoms with Gasteiger partial charge in [-0.3, -0.25) is 0 Å². The fourth-order valence-electron chi connectivity index (χ4n) is 3.08. The van der Waals surface area contributed by atoms with E-state index in [4.69, 9.17) is 0 Å².